The summed E-state index contributed by atoms with van der Waals surface area (Å²) in [4.78, 5) is 23.9. The first-order valence-corrected chi connectivity index (χ1v) is 6.89. The van der Waals surface area contributed by atoms with Gasteiger partial charge in [0.25, 0.3) is 11.6 Å². The SMILES string of the molecule is CNCC1CCN(C(=O)COc2ccc([N+](=O)[O-])cc2)C1.Cl. The van der Waals surface area contributed by atoms with E-state index in [1.54, 1.807) is 4.90 Å². The van der Waals surface area contributed by atoms with E-state index in [2.05, 4.69) is 5.32 Å². The minimum absolute atomic E-state index is 0. The Morgan fingerprint density at radius 2 is 2.14 bits per heavy atom. The summed E-state index contributed by atoms with van der Waals surface area (Å²) < 4.78 is 5.38. The summed E-state index contributed by atoms with van der Waals surface area (Å²) in [6.07, 6.45) is 1.00. The summed E-state index contributed by atoms with van der Waals surface area (Å²) in [6, 6.07) is 5.72. The van der Waals surface area contributed by atoms with Crippen molar-refractivity contribution in [1.82, 2.24) is 10.2 Å². The Morgan fingerprint density at radius 1 is 1.45 bits per heavy atom. The van der Waals surface area contributed by atoms with Crippen LogP contribution in [0.3, 0.4) is 0 Å². The molecule has 7 nitrogen and oxygen atoms in total. The number of nitro benzene ring substituents is 1. The predicted molar refractivity (Wildman–Crippen MR) is 84.5 cm³/mol. The van der Waals surface area contributed by atoms with Crippen molar-refractivity contribution in [3.63, 3.8) is 0 Å². The molecule has 8 heteroatoms. The van der Waals surface area contributed by atoms with Crippen LogP contribution in [-0.4, -0.2) is 49.0 Å². The summed E-state index contributed by atoms with van der Waals surface area (Å²) in [5.74, 6) is 0.908. The van der Waals surface area contributed by atoms with Gasteiger partial charge in [0.1, 0.15) is 5.75 Å². The molecule has 1 aliphatic heterocycles. The van der Waals surface area contributed by atoms with Crippen molar-refractivity contribution in [2.45, 2.75) is 6.42 Å². The molecule has 122 valence electrons. The Bertz CT molecular complexity index is 509. The zero-order valence-electron chi connectivity index (χ0n) is 12.4. The van der Waals surface area contributed by atoms with E-state index in [9.17, 15) is 14.9 Å². The van der Waals surface area contributed by atoms with Gasteiger partial charge in [-0.25, -0.2) is 0 Å². The number of rotatable bonds is 6. The molecule has 0 spiro atoms. The first kappa shape index (κ1) is 18.2. The molecule has 1 aromatic carbocycles. The van der Waals surface area contributed by atoms with Gasteiger partial charge in [0, 0.05) is 25.2 Å². The number of non-ortho nitro benzene ring substituents is 1. The molecule has 1 saturated heterocycles. The highest BCUT2D eigenvalue weighted by molar-refractivity contribution is 5.85. The molecule has 0 aliphatic carbocycles. The molecule has 0 radical (unpaired) electrons. The van der Waals surface area contributed by atoms with E-state index < -0.39 is 4.92 Å². The zero-order chi connectivity index (χ0) is 15.2. The molecule has 1 N–H and O–H groups in total. The number of nitro groups is 1. The van der Waals surface area contributed by atoms with Crippen LogP contribution in [0.1, 0.15) is 6.42 Å². The van der Waals surface area contributed by atoms with Crippen molar-refractivity contribution < 1.29 is 14.5 Å². The van der Waals surface area contributed by atoms with E-state index in [1.165, 1.54) is 24.3 Å². The maximum absolute atomic E-state index is 12.0. The maximum Gasteiger partial charge on any atom is 0.269 e. The number of hydrogen-bond donors (Lipinski definition) is 1. The molecular formula is C14H20ClN3O4. The summed E-state index contributed by atoms with van der Waals surface area (Å²) in [7, 11) is 1.90. The lowest BCUT2D eigenvalue weighted by Crippen LogP contribution is -2.34. The lowest BCUT2D eigenvalue weighted by Gasteiger charge is -2.16. The minimum atomic E-state index is -0.471. The topological polar surface area (TPSA) is 84.7 Å². The van der Waals surface area contributed by atoms with Crippen molar-refractivity contribution in [2.24, 2.45) is 5.92 Å². The summed E-state index contributed by atoms with van der Waals surface area (Å²) >= 11 is 0. The number of benzene rings is 1. The minimum Gasteiger partial charge on any atom is -0.484 e. The average molecular weight is 330 g/mol. The third-order valence-electron chi connectivity index (χ3n) is 3.54. The number of amides is 1. The number of likely N-dealkylation sites (tertiary alicyclic amines) is 1. The molecule has 1 heterocycles. The van der Waals surface area contributed by atoms with E-state index >= 15 is 0 Å². The molecule has 1 amide bonds. The number of nitrogens with zero attached hydrogens (tertiary/aromatic N) is 2. The molecule has 1 aromatic rings. The molecule has 0 saturated carbocycles. The van der Waals surface area contributed by atoms with Gasteiger partial charge in [-0.2, -0.15) is 0 Å². The first-order chi connectivity index (χ1) is 10.1. The maximum atomic E-state index is 12.0. The van der Waals surface area contributed by atoms with Crippen LogP contribution in [-0.2, 0) is 4.79 Å². The van der Waals surface area contributed by atoms with E-state index in [1.807, 2.05) is 7.05 Å². The zero-order valence-corrected chi connectivity index (χ0v) is 13.2. The Labute approximate surface area is 135 Å². The van der Waals surface area contributed by atoms with Gasteiger partial charge in [0.15, 0.2) is 6.61 Å². The second kappa shape index (κ2) is 8.55. The van der Waals surface area contributed by atoms with Gasteiger partial charge in [0.2, 0.25) is 0 Å². The largest absolute Gasteiger partial charge is 0.484 e. The van der Waals surface area contributed by atoms with Crippen LogP contribution in [0.4, 0.5) is 5.69 Å². The fraction of sp³-hybridized carbons (Fsp3) is 0.500. The van der Waals surface area contributed by atoms with Gasteiger partial charge in [0.05, 0.1) is 4.92 Å². The number of nitrogens with one attached hydrogen (secondary N) is 1. The highest BCUT2D eigenvalue weighted by Gasteiger charge is 2.25. The van der Waals surface area contributed by atoms with E-state index in [0.717, 1.165) is 26.1 Å². The van der Waals surface area contributed by atoms with Crippen molar-refractivity contribution in [3.05, 3.63) is 34.4 Å². The lowest BCUT2D eigenvalue weighted by molar-refractivity contribution is -0.384. The van der Waals surface area contributed by atoms with Gasteiger partial charge in [-0.1, -0.05) is 0 Å². The molecule has 1 atom stereocenters. The second-order valence-electron chi connectivity index (χ2n) is 5.09. The lowest BCUT2D eigenvalue weighted by atomic mass is 10.1. The average Bonchev–Trinajstić information content (AvgIpc) is 2.94. The van der Waals surface area contributed by atoms with E-state index in [4.69, 9.17) is 4.74 Å². The number of carbonyl (C=O) groups is 1. The smallest absolute Gasteiger partial charge is 0.269 e. The quantitative estimate of drug-likeness (QED) is 0.631. The van der Waals surface area contributed by atoms with Crippen molar-refractivity contribution in [1.29, 1.82) is 0 Å². The van der Waals surface area contributed by atoms with Crippen molar-refractivity contribution in [2.75, 3.05) is 33.3 Å². The second-order valence-corrected chi connectivity index (χ2v) is 5.09. The molecule has 1 fully saturated rings. The fourth-order valence-electron chi connectivity index (χ4n) is 2.41. The number of halogens is 1. The van der Waals surface area contributed by atoms with Crippen LogP contribution in [0.5, 0.6) is 5.75 Å². The first-order valence-electron chi connectivity index (χ1n) is 6.89. The van der Waals surface area contributed by atoms with Crippen LogP contribution < -0.4 is 10.1 Å². The molecule has 1 unspecified atom stereocenters. The van der Waals surface area contributed by atoms with E-state index in [-0.39, 0.29) is 30.6 Å². The Balaban J connectivity index is 0.00000242. The highest BCUT2D eigenvalue weighted by Crippen LogP contribution is 2.18. The molecular weight excluding hydrogens is 310 g/mol. The van der Waals surface area contributed by atoms with Gasteiger partial charge in [-0.15, -0.1) is 12.4 Å². The van der Waals surface area contributed by atoms with Crippen LogP contribution in [0.15, 0.2) is 24.3 Å². The molecule has 0 bridgehead atoms. The van der Waals surface area contributed by atoms with Gasteiger partial charge in [-0.05, 0) is 38.1 Å². The molecule has 22 heavy (non-hydrogen) atoms. The van der Waals surface area contributed by atoms with Crippen LogP contribution in [0, 0.1) is 16.0 Å². The monoisotopic (exact) mass is 329 g/mol. The number of hydrogen-bond acceptors (Lipinski definition) is 5. The predicted octanol–water partition coefficient (Wildman–Crippen LogP) is 1.46. The Kier molecular flexibility index (Phi) is 7.07. The van der Waals surface area contributed by atoms with E-state index in [0.29, 0.717) is 11.7 Å². The summed E-state index contributed by atoms with van der Waals surface area (Å²) in [5, 5.41) is 13.7. The fourth-order valence-corrected chi connectivity index (χ4v) is 2.41. The number of ether oxygens (including phenoxy) is 1. The standard InChI is InChI=1S/C14H19N3O4.ClH/c1-15-8-11-6-7-16(9-11)14(18)10-21-13-4-2-12(3-5-13)17(19)20;/h2-5,11,15H,6-10H2,1H3;1H. The van der Waals surface area contributed by atoms with Gasteiger partial charge >= 0.3 is 0 Å². The van der Waals surface area contributed by atoms with Gasteiger partial charge in [-0.3, -0.25) is 14.9 Å². The summed E-state index contributed by atoms with van der Waals surface area (Å²) in [6.45, 7) is 2.38. The Hall–Kier alpha value is -1.86. The van der Waals surface area contributed by atoms with Gasteiger partial charge < -0.3 is 15.0 Å². The summed E-state index contributed by atoms with van der Waals surface area (Å²) in [5.41, 5.74) is 0.00290. The normalized spacial score (nSPS) is 17.0. The molecule has 0 aromatic heterocycles. The van der Waals surface area contributed by atoms with Crippen LogP contribution in [0.25, 0.3) is 0 Å². The van der Waals surface area contributed by atoms with Crippen LogP contribution in [0.2, 0.25) is 0 Å². The van der Waals surface area contributed by atoms with Crippen molar-refractivity contribution >= 4 is 24.0 Å². The van der Waals surface area contributed by atoms with Crippen LogP contribution >= 0.6 is 12.4 Å². The third kappa shape index (κ3) is 4.85. The van der Waals surface area contributed by atoms with Crippen molar-refractivity contribution in [3.8, 4) is 5.75 Å². The third-order valence-corrected chi connectivity index (χ3v) is 3.54. The number of carbonyl (C=O) groups excluding carboxylic acids is 1. The molecule has 2 rings (SSSR count). The molecule has 1 aliphatic rings. The Morgan fingerprint density at radius 3 is 2.73 bits per heavy atom. The highest BCUT2D eigenvalue weighted by atomic mass is 35.5.